The van der Waals surface area contributed by atoms with Crippen LogP contribution in [0.3, 0.4) is 0 Å². The van der Waals surface area contributed by atoms with Crippen LogP contribution in [0.1, 0.15) is 43.2 Å². The summed E-state index contributed by atoms with van der Waals surface area (Å²) < 4.78 is 5.55. The lowest BCUT2D eigenvalue weighted by Gasteiger charge is -2.38. The number of aliphatic carboxylic acids is 1. The topological polar surface area (TPSA) is 95.9 Å². The van der Waals surface area contributed by atoms with Crippen LogP contribution in [-0.4, -0.2) is 53.7 Å². The summed E-state index contributed by atoms with van der Waals surface area (Å²) in [5.74, 6) is -1.47. The highest BCUT2D eigenvalue weighted by Crippen LogP contribution is 2.44. The first-order valence-electron chi connectivity index (χ1n) is 11.0. The highest BCUT2D eigenvalue weighted by molar-refractivity contribution is 5.85. The zero-order valence-electron chi connectivity index (χ0n) is 18.3. The van der Waals surface area contributed by atoms with E-state index in [0.717, 1.165) is 11.1 Å². The molecule has 7 nitrogen and oxygen atoms in total. The molecule has 168 valence electrons. The summed E-state index contributed by atoms with van der Waals surface area (Å²) in [6, 6.07) is 15.4. The number of carboxylic acids is 1. The van der Waals surface area contributed by atoms with Gasteiger partial charge in [-0.2, -0.15) is 0 Å². The van der Waals surface area contributed by atoms with Crippen LogP contribution < -0.4 is 5.32 Å². The number of nitrogens with one attached hydrogen (secondary N) is 1. The molecule has 2 aliphatic carbocycles. The second-order valence-corrected chi connectivity index (χ2v) is 8.55. The lowest BCUT2D eigenvalue weighted by molar-refractivity contribution is -0.152. The number of fused-ring (bicyclic) bond motifs is 3. The van der Waals surface area contributed by atoms with Crippen molar-refractivity contribution in [1.29, 1.82) is 0 Å². The minimum absolute atomic E-state index is 0.000452. The first-order chi connectivity index (χ1) is 15.4. The van der Waals surface area contributed by atoms with Crippen molar-refractivity contribution in [2.75, 3.05) is 13.7 Å². The number of hydrogen-bond acceptors (Lipinski definition) is 4. The Morgan fingerprint density at radius 2 is 1.62 bits per heavy atom. The quantitative estimate of drug-likeness (QED) is 0.691. The maximum absolute atomic E-state index is 12.5. The van der Waals surface area contributed by atoms with E-state index in [1.54, 1.807) is 6.92 Å². The van der Waals surface area contributed by atoms with Gasteiger partial charge >= 0.3 is 12.1 Å². The zero-order chi connectivity index (χ0) is 22.8. The van der Waals surface area contributed by atoms with Crippen molar-refractivity contribution in [2.24, 2.45) is 5.92 Å². The Morgan fingerprint density at radius 1 is 1.06 bits per heavy atom. The van der Waals surface area contributed by atoms with Gasteiger partial charge in [0.2, 0.25) is 5.91 Å². The predicted octanol–water partition coefficient (Wildman–Crippen LogP) is 3.63. The summed E-state index contributed by atoms with van der Waals surface area (Å²) in [7, 11) is 1.52. The highest BCUT2D eigenvalue weighted by atomic mass is 16.5. The van der Waals surface area contributed by atoms with E-state index in [9.17, 15) is 19.5 Å². The molecule has 0 aromatic heterocycles. The molecule has 4 rings (SSSR count). The average Bonchev–Trinajstić information content (AvgIpc) is 3.08. The minimum Gasteiger partial charge on any atom is -0.480 e. The highest BCUT2D eigenvalue weighted by Gasteiger charge is 2.39. The van der Waals surface area contributed by atoms with Crippen LogP contribution in [0.25, 0.3) is 11.1 Å². The van der Waals surface area contributed by atoms with Gasteiger partial charge in [-0.3, -0.25) is 4.79 Å². The number of amides is 2. The third-order valence-electron chi connectivity index (χ3n) is 6.64. The van der Waals surface area contributed by atoms with E-state index in [0.29, 0.717) is 19.3 Å². The Hall–Kier alpha value is -3.35. The van der Waals surface area contributed by atoms with Crippen LogP contribution in [0.4, 0.5) is 4.79 Å². The lowest BCUT2D eigenvalue weighted by atomic mass is 9.79. The number of ether oxygens (including phenoxy) is 1. The first kappa shape index (κ1) is 21.9. The maximum atomic E-state index is 12.5. The van der Waals surface area contributed by atoms with Gasteiger partial charge in [-0.1, -0.05) is 55.5 Å². The summed E-state index contributed by atoms with van der Waals surface area (Å²) in [5.41, 5.74) is 4.66. The van der Waals surface area contributed by atoms with Crippen molar-refractivity contribution in [3.8, 4) is 11.1 Å². The van der Waals surface area contributed by atoms with E-state index in [2.05, 4.69) is 29.6 Å². The fourth-order valence-corrected chi connectivity index (χ4v) is 4.80. The van der Waals surface area contributed by atoms with Crippen molar-refractivity contribution >= 4 is 18.0 Å². The van der Waals surface area contributed by atoms with Crippen molar-refractivity contribution in [3.05, 3.63) is 59.7 Å². The molecule has 0 radical (unpaired) electrons. The number of carbonyl (C=O) groups is 3. The SMILES string of the molecule is CCC(C(=O)O)N(C)C(=O)C1CC(NC(=O)OCC2c3ccccc3-c3ccccc32)C1. The normalized spacial score (nSPS) is 19.8. The van der Waals surface area contributed by atoms with Gasteiger partial charge in [-0.05, 0) is 41.5 Å². The van der Waals surface area contributed by atoms with Crippen LogP contribution in [0.2, 0.25) is 0 Å². The van der Waals surface area contributed by atoms with Gasteiger partial charge in [0.15, 0.2) is 0 Å². The van der Waals surface area contributed by atoms with E-state index in [4.69, 9.17) is 4.74 Å². The first-order valence-corrected chi connectivity index (χ1v) is 11.0. The molecule has 1 unspecified atom stereocenters. The molecule has 0 bridgehead atoms. The van der Waals surface area contributed by atoms with E-state index in [-0.39, 0.29) is 30.4 Å². The molecular weight excluding hydrogens is 408 g/mol. The molecular formula is C25H28N2O5. The summed E-state index contributed by atoms with van der Waals surface area (Å²) in [6.07, 6.45) is 0.839. The van der Waals surface area contributed by atoms with E-state index in [1.807, 2.05) is 24.3 Å². The lowest BCUT2D eigenvalue weighted by Crippen LogP contribution is -2.52. The Morgan fingerprint density at radius 3 is 2.16 bits per heavy atom. The second kappa shape index (κ2) is 9.02. The molecule has 2 N–H and O–H groups in total. The number of benzene rings is 2. The Kier molecular flexibility index (Phi) is 6.17. The van der Waals surface area contributed by atoms with Gasteiger partial charge in [0.05, 0.1) is 0 Å². The molecule has 0 saturated heterocycles. The zero-order valence-corrected chi connectivity index (χ0v) is 18.3. The summed E-state index contributed by atoms with van der Waals surface area (Å²) in [5, 5.41) is 12.1. The molecule has 0 aliphatic heterocycles. The molecule has 0 spiro atoms. The van der Waals surface area contributed by atoms with Gasteiger partial charge in [-0.15, -0.1) is 0 Å². The Labute approximate surface area is 187 Å². The van der Waals surface area contributed by atoms with Crippen molar-refractivity contribution in [1.82, 2.24) is 10.2 Å². The van der Waals surface area contributed by atoms with Crippen LogP contribution >= 0.6 is 0 Å². The molecule has 7 heteroatoms. The summed E-state index contributed by atoms with van der Waals surface area (Å²) in [4.78, 5) is 37.5. The minimum atomic E-state index is -1.00. The van der Waals surface area contributed by atoms with E-state index < -0.39 is 18.1 Å². The number of carbonyl (C=O) groups excluding carboxylic acids is 2. The van der Waals surface area contributed by atoms with Crippen LogP contribution in [0.5, 0.6) is 0 Å². The van der Waals surface area contributed by atoms with Gasteiger partial charge in [0.25, 0.3) is 0 Å². The summed E-state index contributed by atoms with van der Waals surface area (Å²) >= 11 is 0. The van der Waals surface area contributed by atoms with Gasteiger partial charge in [-0.25, -0.2) is 9.59 Å². The molecule has 32 heavy (non-hydrogen) atoms. The number of carboxylic acid groups (broad SMARTS) is 1. The van der Waals surface area contributed by atoms with Gasteiger partial charge in [0, 0.05) is 24.9 Å². The van der Waals surface area contributed by atoms with Crippen molar-refractivity contribution < 1.29 is 24.2 Å². The number of likely N-dealkylation sites (N-methyl/N-ethyl adjacent to an activating group) is 1. The van der Waals surface area contributed by atoms with Gasteiger partial charge in [0.1, 0.15) is 12.6 Å². The maximum Gasteiger partial charge on any atom is 0.407 e. The number of alkyl carbamates (subject to hydrolysis) is 1. The standard InChI is InChI=1S/C25H28N2O5/c1-3-22(24(29)30)27(2)23(28)15-12-16(13-15)26-25(31)32-14-21-19-10-6-4-8-17(19)18-9-5-7-11-20(18)21/h4-11,15-16,21-22H,3,12-14H2,1-2H3,(H,26,31)(H,29,30). The predicted molar refractivity (Wildman–Crippen MR) is 119 cm³/mol. The molecule has 1 fully saturated rings. The van der Waals surface area contributed by atoms with E-state index >= 15 is 0 Å². The molecule has 2 aliphatic rings. The third-order valence-corrected chi connectivity index (χ3v) is 6.64. The second-order valence-electron chi connectivity index (χ2n) is 8.55. The third kappa shape index (κ3) is 4.07. The number of nitrogens with zero attached hydrogens (tertiary/aromatic N) is 1. The van der Waals surface area contributed by atoms with Crippen LogP contribution in [0.15, 0.2) is 48.5 Å². The fraction of sp³-hybridized carbons (Fsp3) is 0.400. The number of rotatable bonds is 7. The molecule has 2 amide bonds. The smallest absolute Gasteiger partial charge is 0.407 e. The van der Waals surface area contributed by atoms with Crippen LogP contribution in [0, 0.1) is 5.92 Å². The average molecular weight is 437 g/mol. The van der Waals surface area contributed by atoms with Crippen LogP contribution in [-0.2, 0) is 14.3 Å². The molecule has 0 heterocycles. The molecule has 1 atom stereocenters. The summed E-state index contributed by atoms with van der Waals surface area (Å²) in [6.45, 7) is 1.99. The molecule has 2 aromatic carbocycles. The van der Waals surface area contributed by atoms with Crippen molar-refractivity contribution in [2.45, 2.75) is 44.2 Å². The largest absolute Gasteiger partial charge is 0.480 e. The monoisotopic (exact) mass is 436 g/mol. The fourth-order valence-electron chi connectivity index (χ4n) is 4.80. The van der Waals surface area contributed by atoms with E-state index in [1.165, 1.54) is 23.1 Å². The molecule has 1 saturated carbocycles. The van der Waals surface area contributed by atoms with Crippen molar-refractivity contribution in [3.63, 3.8) is 0 Å². The van der Waals surface area contributed by atoms with Gasteiger partial charge < -0.3 is 20.1 Å². The number of hydrogen-bond donors (Lipinski definition) is 2. The molecule has 2 aromatic rings. The Bertz CT molecular complexity index is 985. The Balaban J connectivity index is 1.28.